The van der Waals surface area contributed by atoms with Gasteiger partial charge in [0.1, 0.15) is 0 Å². The summed E-state index contributed by atoms with van der Waals surface area (Å²) < 4.78 is 0. The minimum Gasteiger partial charge on any atom is -0.478 e. The van der Waals surface area contributed by atoms with Gasteiger partial charge in [0, 0.05) is 5.57 Å². The molecular formula is C15H24O4. The molecule has 2 fully saturated rings. The molecule has 0 amide bonds. The first-order valence-corrected chi connectivity index (χ1v) is 7.01. The van der Waals surface area contributed by atoms with Crippen molar-refractivity contribution in [2.75, 3.05) is 0 Å². The number of fused-ring (bicyclic) bond motifs is 1. The van der Waals surface area contributed by atoms with Crippen molar-refractivity contribution in [3.63, 3.8) is 0 Å². The largest absolute Gasteiger partial charge is 0.478 e. The number of carboxylic acid groups (broad SMARTS) is 1. The molecular weight excluding hydrogens is 244 g/mol. The van der Waals surface area contributed by atoms with Gasteiger partial charge in [-0.25, -0.2) is 4.79 Å². The summed E-state index contributed by atoms with van der Waals surface area (Å²) >= 11 is 0. The Bertz CT molecular complexity index is 396. The average molecular weight is 268 g/mol. The van der Waals surface area contributed by atoms with Crippen LogP contribution in [0, 0.1) is 17.3 Å². The lowest BCUT2D eigenvalue weighted by atomic mass is 9.52. The Labute approximate surface area is 114 Å². The quantitative estimate of drug-likeness (QED) is 0.669. The van der Waals surface area contributed by atoms with Crippen molar-refractivity contribution in [3.8, 4) is 0 Å². The predicted molar refractivity (Wildman–Crippen MR) is 71.6 cm³/mol. The number of hydrogen-bond acceptors (Lipinski definition) is 3. The van der Waals surface area contributed by atoms with Gasteiger partial charge in [0.15, 0.2) is 0 Å². The maximum absolute atomic E-state index is 11.1. The highest BCUT2D eigenvalue weighted by atomic mass is 16.4. The second kappa shape index (κ2) is 4.60. The Morgan fingerprint density at radius 3 is 2.42 bits per heavy atom. The van der Waals surface area contributed by atoms with Crippen molar-refractivity contribution in [1.82, 2.24) is 0 Å². The first kappa shape index (κ1) is 14.5. The van der Waals surface area contributed by atoms with Crippen LogP contribution in [-0.2, 0) is 4.79 Å². The van der Waals surface area contributed by atoms with Gasteiger partial charge in [0.05, 0.1) is 11.7 Å². The summed E-state index contributed by atoms with van der Waals surface area (Å²) in [6, 6.07) is 0. The van der Waals surface area contributed by atoms with Crippen molar-refractivity contribution in [1.29, 1.82) is 0 Å². The van der Waals surface area contributed by atoms with Gasteiger partial charge < -0.3 is 15.3 Å². The van der Waals surface area contributed by atoms with Crippen LogP contribution in [0.3, 0.4) is 0 Å². The van der Waals surface area contributed by atoms with E-state index in [-0.39, 0.29) is 22.8 Å². The molecule has 0 unspecified atom stereocenters. The molecule has 0 aromatic rings. The maximum Gasteiger partial charge on any atom is 0.331 e. The SMILES string of the molecule is C=C(C(=O)O)[C@@H]1CC[C@@]2(C)CC[C@@H](O)[C@@](C)(O)[C@H]2C1. The minimum absolute atomic E-state index is 0.00197. The molecule has 5 atom stereocenters. The number of carboxylic acids is 1. The van der Waals surface area contributed by atoms with Crippen LogP contribution in [0.2, 0.25) is 0 Å². The third-order valence-electron chi connectivity index (χ3n) is 5.56. The molecule has 0 radical (unpaired) electrons. The average Bonchev–Trinajstić information content (AvgIpc) is 2.34. The van der Waals surface area contributed by atoms with Crippen LogP contribution in [0.25, 0.3) is 0 Å². The smallest absolute Gasteiger partial charge is 0.331 e. The Morgan fingerprint density at radius 2 is 1.84 bits per heavy atom. The van der Waals surface area contributed by atoms with Crippen LogP contribution < -0.4 is 0 Å². The molecule has 2 aliphatic rings. The standard InChI is InChI=1S/C15H24O4/c1-9(13(17)18)10-4-6-14(2)7-5-12(16)15(3,19)11(14)8-10/h10-12,16,19H,1,4-8H2,2-3H3,(H,17,18)/t10-,11+,12-,14+,15+/m1/s1. The van der Waals surface area contributed by atoms with Crippen LogP contribution in [0.4, 0.5) is 0 Å². The summed E-state index contributed by atoms with van der Waals surface area (Å²) in [5.74, 6) is -1.12. The molecule has 0 spiro atoms. The number of carbonyl (C=O) groups is 1. The fraction of sp³-hybridized carbons (Fsp3) is 0.800. The molecule has 2 saturated carbocycles. The third-order valence-corrected chi connectivity index (χ3v) is 5.56. The monoisotopic (exact) mass is 268 g/mol. The fourth-order valence-corrected chi connectivity index (χ4v) is 4.09. The van der Waals surface area contributed by atoms with Crippen LogP contribution in [0.5, 0.6) is 0 Å². The minimum atomic E-state index is -1.13. The Hall–Kier alpha value is -0.870. The topological polar surface area (TPSA) is 77.8 Å². The lowest BCUT2D eigenvalue weighted by Crippen LogP contribution is -2.58. The summed E-state index contributed by atoms with van der Waals surface area (Å²) in [5.41, 5.74) is -0.902. The van der Waals surface area contributed by atoms with Crippen LogP contribution in [0.15, 0.2) is 12.2 Å². The van der Waals surface area contributed by atoms with Gasteiger partial charge in [-0.05, 0) is 56.3 Å². The number of hydrogen-bond donors (Lipinski definition) is 3. The van der Waals surface area contributed by atoms with Crippen molar-refractivity contribution >= 4 is 5.97 Å². The molecule has 2 rings (SSSR count). The molecule has 0 heterocycles. The molecule has 0 aromatic carbocycles. The van der Waals surface area contributed by atoms with Gasteiger partial charge in [-0.1, -0.05) is 13.5 Å². The Balaban J connectivity index is 2.24. The van der Waals surface area contributed by atoms with Gasteiger partial charge in [-0.3, -0.25) is 0 Å². The number of aliphatic hydroxyl groups excluding tert-OH is 1. The van der Waals surface area contributed by atoms with E-state index in [0.29, 0.717) is 12.8 Å². The van der Waals surface area contributed by atoms with E-state index in [4.69, 9.17) is 5.11 Å². The normalized spacial score (nSPS) is 46.4. The van der Waals surface area contributed by atoms with E-state index < -0.39 is 17.7 Å². The Morgan fingerprint density at radius 1 is 1.26 bits per heavy atom. The zero-order chi connectivity index (χ0) is 14.4. The molecule has 0 saturated heterocycles. The van der Waals surface area contributed by atoms with Gasteiger partial charge in [-0.2, -0.15) is 0 Å². The van der Waals surface area contributed by atoms with E-state index in [1.807, 2.05) is 0 Å². The highest BCUT2D eigenvalue weighted by molar-refractivity contribution is 5.86. The van der Waals surface area contributed by atoms with E-state index >= 15 is 0 Å². The zero-order valence-corrected chi connectivity index (χ0v) is 11.7. The predicted octanol–water partition coefficient (Wildman–Crippen LogP) is 1.96. The van der Waals surface area contributed by atoms with Crippen LogP contribution in [0.1, 0.15) is 46.0 Å². The first-order chi connectivity index (χ1) is 8.68. The molecule has 0 aliphatic heterocycles. The van der Waals surface area contributed by atoms with Crippen molar-refractivity contribution < 1.29 is 20.1 Å². The maximum atomic E-state index is 11.1. The van der Waals surface area contributed by atoms with E-state index in [9.17, 15) is 15.0 Å². The lowest BCUT2D eigenvalue weighted by molar-refractivity contribution is -0.183. The summed E-state index contributed by atoms with van der Waals surface area (Å²) in [6.07, 6.45) is 3.08. The van der Waals surface area contributed by atoms with E-state index in [0.717, 1.165) is 19.3 Å². The second-order valence-corrected chi connectivity index (χ2v) is 6.79. The van der Waals surface area contributed by atoms with Crippen molar-refractivity contribution in [2.24, 2.45) is 17.3 Å². The molecule has 4 nitrogen and oxygen atoms in total. The molecule has 19 heavy (non-hydrogen) atoms. The van der Waals surface area contributed by atoms with Crippen LogP contribution in [-0.4, -0.2) is 33.0 Å². The zero-order valence-electron chi connectivity index (χ0n) is 11.7. The van der Waals surface area contributed by atoms with Gasteiger partial charge in [0.2, 0.25) is 0 Å². The lowest BCUT2D eigenvalue weighted by Gasteiger charge is -2.55. The van der Waals surface area contributed by atoms with Crippen molar-refractivity contribution in [2.45, 2.75) is 57.7 Å². The highest BCUT2D eigenvalue weighted by Gasteiger charge is 2.55. The first-order valence-electron chi connectivity index (χ1n) is 7.01. The molecule has 108 valence electrons. The van der Waals surface area contributed by atoms with Gasteiger partial charge in [-0.15, -0.1) is 0 Å². The van der Waals surface area contributed by atoms with E-state index in [1.165, 1.54) is 0 Å². The van der Waals surface area contributed by atoms with Crippen LogP contribution >= 0.6 is 0 Å². The highest BCUT2D eigenvalue weighted by Crippen LogP contribution is 2.56. The molecule has 0 bridgehead atoms. The number of aliphatic carboxylic acids is 1. The van der Waals surface area contributed by atoms with E-state index in [2.05, 4.69) is 13.5 Å². The Kier molecular flexibility index (Phi) is 3.52. The van der Waals surface area contributed by atoms with Gasteiger partial charge in [0.25, 0.3) is 0 Å². The molecule has 2 aliphatic carbocycles. The summed E-state index contributed by atoms with van der Waals surface area (Å²) in [6.45, 7) is 7.50. The summed E-state index contributed by atoms with van der Waals surface area (Å²) in [4.78, 5) is 11.1. The summed E-state index contributed by atoms with van der Waals surface area (Å²) in [7, 11) is 0. The third kappa shape index (κ3) is 2.32. The summed E-state index contributed by atoms with van der Waals surface area (Å²) in [5, 5.41) is 29.7. The van der Waals surface area contributed by atoms with E-state index in [1.54, 1.807) is 6.92 Å². The fourth-order valence-electron chi connectivity index (χ4n) is 4.09. The number of aliphatic hydroxyl groups is 2. The van der Waals surface area contributed by atoms with Gasteiger partial charge >= 0.3 is 5.97 Å². The number of rotatable bonds is 2. The molecule has 4 heteroatoms. The molecule has 3 N–H and O–H groups in total. The van der Waals surface area contributed by atoms with Crippen molar-refractivity contribution in [3.05, 3.63) is 12.2 Å². The second-order valence-electron chi connectivity index (χ2n) is 6.79. The molecule has 0 aromatic heterocycles.